The highest BCUT2D eigenvalue weighted by atomic mass is 19.3. The van der Waals surface area contributed by atoms with E-state index < -0.39 is 5.92 Å². The second kappa shape index (κ2) is 5.52. The summed E-state index contributed by atoms with van der Waals surface area (Å²) in [7, 11) is 2.89. The fourth-order valence-corrected chi connectivity index (χ4v) is 1.81. The van der Waals surface area contributed by atoms with Crippen LogP contribution in [0.2, 0.25) is 0 Å². The zero-order valence-corrected chi connectivity index (χ0v) is 11.1. The van der Waals surface area contributed by atoms with E-state index in [4.69, 9.17) is 15.2 Å². The lowest BCUT2D eigenvalue weighted by Gasteiger charge is -2.22. The van der Waals surface area contributed by atoms with Crippen LogP contribution in [0.1, 0.15) is 30.9 Å². The smallest absolute Gasteiger partial charge is 0.270 e. The highest BCUT2D eigenvalue weighted by molar-refractivity contribution is 5.50. The van der Waals surface area contributed by atoms with Crippen LogP contribution in [0.15, 0.2) is 12.1 Å². The van der Waals surface area contributed by atoms with Gasteiger partial charge < -0.3 is 15.2 Å². The Kier molecular flexibility index (Phi) is 4.51. The molecule has 1 aromatic rings. The molecule has 18 heavy (non-hydrogen) atoms. The average Bonchev–Trinajstić information content (AvgIpc) is 2.34. The molecule has 5 heteroatoms. The molecule has 0 fully saturated rings. The highest BCUT2D eigenvalue weighted by Gasteiger charge is 2.30. The van der Waals surface area contributed by atoms with Crippen molar-refractivity contribution in [2.75, 3.05) is 20.8 Å². The maximum absolute atomic E-state index is 13.6. The average molecular weight is 259 g/mol. The number of nitrogens with two attached hydrogens (primary N) is 1. The first-order valence-corrected chi connectivity index (χ1v) is 5.69. The van der Waals surface area contributed by atoms with Crippen molar-refractivity contribution in [2.45, 2.75) is 25.7 Å². The van der Waals surface area contributed by atoms with Gasteiger partial charge in [0, 0.05) is 12.5 Å². The Morgan fingerprint density at radius 1 is 1.22 bits per heavy atom. The number of hydrogen-bond donors (Lipinski definition) is 1. The van der Waals surface area contributed by atoms with Gasteiger partial charge in [0.2, 0.25) is 0 Å². The van der Waals surface area contributed by atoms with Gasteiger partial charge in [-0.25, -0.2) is 8.78 Å². The molecule has 0 bridgehead atoms. The molecule has 0 heterocycles. The predicted molar refractivity (Wildman–Crippen MR) is 66.6 cm³/mol. The minimum Gasteiger partial charge on any atom is -0.493 e. The van der Waals surface area contributed by atoms with Crippen molar-refractivity contribution < 1.29 is 18.3 Å². The van der Waals surface area contributed by atoms with Gasteiger partial charge in [-0.1, -0.05) is 6.92 Å². The molecule has 0 aromatic heterocycles. The molecule has 0 amide bonds. The number of rotatable bonds is 5. The standard InChI is InChI=1S/C13H19F2NO2/c1-8(7-16)9-5-11(17-3)12(18-4)6-10(9)13(2,14)15/h5-6,8H,7,16H2,1-4H3. The molecule has 0 radical (unpaired) electrons. The van der Waals surface area contributed by atoms with Crippen LogP contribution in [0.25, 0.3) is 0 Å². The molecule has 1 atom stereocenters. The number of hydrogen-bond acceptors (Lipinski definition) is 3. The van der Waals surface area contributed by atoms with Gasteiger partial charge in [-0.15, -0.1) is 0 Å². The van der Waals surface area contributed by atoms with Crippen LogP contribution >= 0.6 is 0 Å². The lowest BCUT2D eigenvalue weighted by molar-refractivity contribution is 0.0160. The molecule has 0 spiro atoms. The van der Waals surface area contributed by atoms with Gasteiger partial charge in [0.1, 0.15) is 0 Å². The highest BCUT2D eigenvalue weighted by Crippen LogP contribution is 2.40. The third-order valence-electron chi connectivity index (χ3n) is 2.91. The summed E-state index contributed by atoms with van der Waals surface area (Å²) in [4.78, 5) is 0. The van der Waals surface area contributed by atoms with E-state index in [1.807, 2.05) is 0 Å². The van der Waals surface area contributed by atoms with Crippen molar-refractivity contribution in [3.05, 3.63) is 23.3 Å². The van der Waals surface area contributed by atoms with Crippen molar-refractivity contribution in [2.24, 2.45) is 5.73 Å². The molecule has 0 saturated heterocycles. The van der Waals surface area contributed by atoms with Crippen LogP contribution in [-0.4, -0.2) is 20.8 Å². The number of halogens is 2. The number of methoxy groups -OCH3 is 2. The fraction of sp³-hybridized carbons (Fsp3) is 0.538. The second-order valence-electron chi connectivity index (χ2n) is 4.32. The number of alkyl halides is 2. The molecule has 1 rings (SSSR count). The van der Waals surface area contributed by atoms with Gasteiger partial charge in [-0.3, -0.25) is 0 Å². The van der Waals surface area contributed by atoms with E-state index in [0.717, 1.165) is 6.92 Å². The molecule has 3 nitrogen and oxygen atoms in total. The van der Waals surface area contributed by atoms with Crippen molar-refractivity contribution >= 4 is 0 Å². The summed E-state index contributed by atoms with van der Waals surface area (Å²) in [5.74, 6) is -2.40. The SMILES string of the molecule is COc1cc(C(C)CN)c(C(C)(F)F)cc1OC. The summed E-state index contributed by atoms with van der Waals surface area (Å²) in [5.41, 5.74) is 5.98. The Bertz CT molecular complexity index is 416. The topological polar surface area (TPSA) is 44.5 Å². The summed E-state index contributed by atoms with van der Waals surface area (Å²) in [5, 5.41) is 0. The fourth-order valence-electron chi connectivity index (χ4n) is 1.81. The third-order valence-corrected chi connectivity index (χ3v) is 2.91. The second-order valence-corrected chi connectivity index (χ2v) is 4.32. The van der Waals surface area contributed by atoms with Crippen LogP contribution in [0.3, 0.4) is 0 Å². The van der Waals surface area contributed by atoms with E-state index in [1.165, 1.54) is 20.3 Å². The predicted octanol–water partition coefficient (Wildman–Crippen LogP) is 2.88. The lowest BCUT2D eigenvalue weighted by Crippen LogP contribution is -2.17. The van der Waals surface area contributed by atoms with E-state index >= 15 is 0 Å². The quantitative estimate of drug-likeness (QED) is 0.884. The van der Waals surface area contributed by atoms with Crippen LogP contribution < -0.4 is 15.2 Å². The van der Waals surface area contributed by atoms with Crippen LogP contribution in [0.4, 0.5) is 8.78 Å². The minimum absolute atomic E-state index is 0.0712. The molecule has 0 aliphatic rings. The maximum Gasteiger partial charge on any atom is 0.270 e. The Morgan fingerprint density at radius 3 is 2.11 bits per heavy atom. The van der Waals surface area contributed by atoms with Crippen LogP contribution in [0, 0.1) is 0 Å². The van der Waals surface area contributed by atoms with E-state index in [2.05, 4.69) is 0 Å². The zero-order valence-electron chi connectivity index (χ0n) is 11.1. The molecular weight excluding hydrogens is 240 g/mol. The molecule has 2 N–H and O–H groups in total. The van der Waals surface area contributed by atoms with E-state index in [1.54, 1.807) is 13.0 Å². The molecular formula is C13H19F2NO2. The van der Waals surface area contributed by atoms with Crippen LogP contribution in [0.5, 0.6) is 11.5 Å². The summed E-state index contributed by atoms with van der Waals surface area (Å²) >= 11 is 0. The summed E-state index contributed by atoms with van der Waals surface area (Å²) in [6.45, 7) is 2.95. The number of ether oxygens (including phenoxy) is 2. The van der Waals surface area contributed by atoms with Crippen molar-refractivity contribution in [3.63, 3.8) is 0 Å². The van der Waals surface area contributed by atoms with Crippen LogP contribution in [-0.2, 0) is 5.92 Å². The molecule has 0 saturated carbocycles. The zero-order chi connectivity index (χ0) is 13.9. The van der Waals surface area contributed by atoms with Gasteiger partial charge in [-0.2, -0.15) is 0 Å². The van der Waals surface area contributed by atoms with Gasteiger partial charge in [0.15, 0.2) is 11.5 Å². The van der Waals surface area contributed by atoms with E-state index in [0.29, 0.717) is 23.6 Å². The number of benzene rings is 1. The third kappa shape index (κ3) is 2.90. The van der Waals surface area contributed by atoms with E-state index in [-0.39, 0.29) is 11.5 Å². The first kappa shape index (κ1) is 14.7. The first-order chi connectivity index (χ1) is 8.35. The van der Waals surface area contributed by atoms with Gasteiger partial charge in [-0.05, 0) is 30.2 Å². The summed E-state index contributed by atoms with van der Waals surface area (Å²) < 4.78 is 37.4. The monoisotopic (exact) mass is 259 g/mol. The molecule has 1 aromatic carbocycles. The van der Waals surface area contributed by atoms with E-state index in [9.17, 15) is 8.78 Å². The normalized spacial score (nSPS) is 13.3. The van der Waals surface area contributed by atoms with Crippen molar-refractivity contribution in [1.29, 1.82) is 0 Å². The van der Waals surface area contributed by atoms with Crippen molar-refractivity contribution in [1.82, 2.24) is 0 Å². The van der Waals surface area contributed by atoms with Gasteiger partial charge in [0.05, 0.1) is 14.2 Å². The Hall–Kier alpha value is -1.36. The lowest BCUT2D eigenvalue weighted by atomic mass is 9.92. The molecule has 1 unspecified atom stereocenters. The Balaban J connectivity index is 3.46. The first-order valence-electron chi connectivity index (χ1n) is 5.69. The maximum atomic E-state index is 13.6. The largest absolute Gasteiger partial charge is 0.493 e. The summed E-state index contributed by atoms with van der Waals surface area (Å²) in [6, 6.07) is 2.89. The minimum atomic E-state index is -2.95. The molecule has 0 aliphatic carbocycles. The summed E-state index contributed by atoms with van der Waals surface area (Å²) in [6.07, 6.45) is 0. The van der Waals surface area contributed by atoms with Crippen molar-refractivity contribution in [3.8, 4) is 11.5 Å². The van der Waals surface area contributed by atoms with Gasteiger partial charge in [0.25, 0.3) is 5.92 Å². The molecule has 0 aliphatic heterocycles. The molecule has 102 valence electrons. The van der Waals surface area contributed by atoms with Gasteiger partial charge >= 0.3 is 0 Å². The Labute approximate surface area is 106 Å². The Morgan fingerprint density at radius 2 is 1.72 bits per heavy atom.